The van der Waals surface area contributed by atoms with E-state index in [1.54, 1.807) is 0 Å². The summed E-state index contributed by atoms with van der Waals surface area (Å²) < 4.78 is 18.3. The van der Waals surface area contributed by atoms with E-state index >= 15 is 0 Å². The van der Waals surface area contributed by atoms with Gasteiger partial charge in [-0.1, -0.05) is 19.9 Å². The van der Waals surface area contributed by atoms with Gasteiger partial charge in [-0.05, 0) is 50.6 Å². The lowest BCUT2D eigenvalue weighted by Crippen LogP contribution is -2.75. The van der Waals surface area contributed by atoms with Gasteiger partial charge in [0.1, 0.15) is 11.9 Å². The number of nitrogens with zero attached hydrogens (tertiary/aromatic N) is 1. The number of Topliss-reactive ketones (excluding diaryl/α,β-unsaturated/α-hetero) is 1. The normalized spacial score (nSPS) is 43.9. The molecule has 32 heavy (non-hydrogen) atoms. The standard InChI is InChI=1S/C25H35NO6/c1-14(2)23(28)31-18-6-5-15-12-19-25(29)8-7-17(27)22-24(25,20(15)21(18)32-22)9-10-26(19)13-16-4-3-11-30-16/h5,14,16,18-19,22-23,28-29H,3-4,6-13H2,1-2H3/t16?,18?,19-,22+,23?,24+,25-/m1/s1. The Morgan fingerprint density at radius 1 is 1.34 bits per heavy atom. The van der Waals surface area contributed by atoms with E-state index in [0.29, 0.717) is 31.4 Å². The molecule has 4 fully saturated rings. The molecule has 0 aromatic heterocycles. The lowest BCUT2D eigenvalue weighted by Gasteiger charge is -2.64. The van der Waals surface area contributed by atoms with E-state index in [9.17, 15) is 15.0 Å². The Labute approximate surface area is 189 Å². The quantitative estimate of drug-likeness (QED) is 0.627. The Morgan fingerprint density at radius 3 is 2.94 bits per heavy atom. The first-order valence-corrected chi connectivity index (χ1v) is 12.4. The molecule has 176 valence electrons. The molecule has 3 aliphatic heterocycles. The summed E-state index contributed by atoms with van der Waals surface area (Å²) in [6, 6.07) is -0.0345. The van der Waals surface area contributed by atoms with Crippen LogP contribution in [0.4, 0.5) is 0 Å². The fourth-order valence-electron chi connectivity index (χ4n) is 7.35. The number of likely N-dealkylation sites (tertiary alicyclic amines) is 1. The van der Waals surface area contributed by atoms with Crippen LogP contribution in [0.5, 0.6) is 0 Å². The van der Waals surface area contributed by atoms with Gasteiger partial charge >= 0.3 is 0 Å². The fourth-order valence-corrected chi connectivity index (χ4v) is 7.35. The van der Waals surface area contributed by atoms with Gasteiger partial charge in [-0.25, -0.2) is 0 Å². The van der Waals surface area contributed by atoms with Crippen molar-refractivity contribution in [2.24, 2.45) is 11.3 Å². The summed E-state index contributed by atoms with van der Waals surface area (Å²) in [4.78, 5) is 15.5. The summed E-state index contributed by atoms with van der Waals surface area (Å²) in [5.41, 5.74) is 0.501. The van der Waals surface area contributed by atoms with Crippen LogP contribution in [0.3, 0.4) is 0 Å². The van der Waals surface area contributed by atoms with Crippen LogP contribution < -0.4 is 0 Å². The molecule has 2 saturated carbocycles. The third-order valence-electron chi connectivity index (χ3n) is 8.93. The van der Waals surface area contributed by atoms with Gasteiger partial charge in [-0.2, -0.15) is 0 Å². The maximum Gasteiger partial charge on any atom is 0.174 e. The average molecular weight is 446 g/mol. The second-order valence-electron chi connectivity index (χ2n) is 10.9. The van der Waals surface area contributed by atoms with Gasteiger partial charge < -0.3 is 24.4 Å². The summed E-state index contributed by atoms with van der Waals surface area (Å²) >= 11 is 0. The van der Waals surface area contributed by atoms with Crippen molar-refractivity contribution in [2.75, 3.05) is 19.7 Å². The molecule has 0 amide bonds. The van der Waals surface area contributed by atoms with Crippen molar-refractivity contribution in [3.8, 4) is 0 Å². The number of ketones is 1. The molecule has 2 bridgehead atoms. The SMILES string of the molecule is CC(C)C(O)OC1CC=C2C[C@H]3N(CC4CCCO4)CC[C@]45C2=C1O[C@H]4C(=O)CC[C@@]35O. The third kappa shape index (κ3) is 2.75. The lowest BCUT2D eigenvalue weighted by molar-refractivity contribution is -0.214. The largest absolute Gasteiger partial charge is 0.483 e. The highest BCUT2D eigenvalue weighted by molar-refractivity contribution is 5.88. The van der Waals surface area contributed by atoms with Crippen LogP contribution >= 0.6 is 0 Å². The Kier molecular flexibility index (Phi) is 4.91. The van der Waals surface area contributed by atoms with E-state index in [2.05, 4.69) is 11.0 Å². The van der Waals surface area contributed by atoms with Gasteiger partial charge in [0.05, 0.1) is 17.1 Å². The van der Waals surface area contributed by atoms with Crippen LogP contribution in [0.15, 0.2) is 23.0 Å². The van der Waals surface area contributed by atoms with Crippen molar-refractivity contribution in [1.82, 2.24) is 4.90 Å². The number of ether oxygens (including phenoxy) is 3. The predicted octanol–water partition coefficient (Wildman–Crippen LogP) is 2.07. The monoisotopic (exact) mass is 445 g/mol. The predicted molar refractivity (Wildman–Crippen MR) is 116 cm³/mol. The molecule has 3 aliphatic carbocycles. The molecule has 0 aromatic rings. The molecule has 6 aliphatic rings. The Morgan fingerprint density at radius 2 is 2.19 bits per heavy atom. The van der Waals surface area contributed by atoms with E-state index in [1.807, 2.05) is 13.8 Å². The highest BCUT2D eigenvalue weighted by Gasteiger charge is 2.74. The smallest absolute Gasteiger partial charge is 0.174 e. The van der Waals surface area contributed by atoms with Gasteiger partial charge in [0, 0.05) is 37.1 Å². The Bertz CT molecular complexity index is 876. The molecular weight excluding hydrogens is 410 g/mol. The topological polar surface area (TPSA) is 88.5 Å². The minimum absolute atomic E-state index is 0.0345. The zero-order valence-electron chi connectivity index (χ0n) is 19.1. The summed E-state index contributed by atoms with van der Waals surface area (Å²) in [6.07, 6.45) is 5.53. The first kappa shape index (κ1) is 21.3. The molecule has 7 heteroatoms. The van der Waals surface area contributed by atoms with Crippen molar-refractivity contribution in [2.45, 2.75) is 95.0 Å². The highest BCUT2D eigenvalue weighted by Crippen LogP contribution is 2.67. The van der Waals surface area contributed by atoms with Gasteiger partial charge in [0.25, 0.3) is 0 Å². The van der Waals surface area contributed by atoms with Crippen molar-refractivity contribution in [3.05, 3.63) is 23.0 Å². The zero-order chi connectivity index (χ0) is 22.3. The number of hydrogen-bond acceptors (Lipinski definition) is 7. The van der Waals surface area contributed by atoms with Crippen LogP contribution in [0.2, 0.25) is 0 Å². The summed E-state index contributed by atoms with van der Waals surface area (Å²) in [7, 11) is 0. The van der Waals surface area contributed by atoms with E-state index in [-0.39, 0.29) is 23.8 Å². The maximum atomic E-state index is 13.1. The first-order valence-electron chi connectivity index (χ1n) is 12.4. The zero-order valence-corrected chi connectivity index (χ0v) is 19.1. The molecule has 0 aromatic carbocycles. The molecule has 7 atom stereocenters. The number of hydrogen-bond donors (Lipinski definition) is 2. The van der Waals surface area contributed by atoms with E-state index in [1.165, 1.54) is 5.57 Å². The molecule has 2 N–H and O–H groups in total. The Hall–Kier alpha value is -1.25. The highest BCUT2D eigenvalue weighted by atomic mass is 16.6. The molecular formula is C25H35NO6. The molecule has 2 saturated heterocycles. The van der Waals surface area contributed by atoms with Crippen molar-refractivity contribution >= 4 is 5.78 Å². The van der Waals surface area contributed by atoms with E-state index in [0.717, 1.165) is 44.5 Å². The average Bonchev–Trinajstić information content (AvgIpc) is 3.39. The first-order chi connectivity index (χ1) is 15.3. The number of carbonyl (C=O) groups is 1. The number of rotatable bonds is 5. The van der Waals surface area contributed by atoms with Crippen molar-refractivity contribution < 1.29 is 29.2 Å². The van der Waals surface area contributed by atoms with Crippen LogP contribution in [0.25, 0.3) is 0 Å². The molecule has 7 nitrogen and oxygen atoms in total. The van der Waals surface area contributed by atoms with Crippen molar-refractivity contribution in [1.29, 1.82) is 0 Å². The molecule has 3 heterocycles. The lowest BCUT2D eigenvalue weighted by atomic mass is 9.47. The summed E-state index contributed by atoms with van der Waals surface area (Å²) in [5.74, 6) is 0.731. The van der Waals surface area contributed by atoms with Gasteiger partial charge in [0.15, 0.2) is 18.2 Å². The van der Waals surface area contributed by atoms with Gasteiger partial charge in [0.2, 0.25) is 0 Å². The summed E-state index contributed by atoms with van der Waals surface area (Å²) in [6.45, 7) is 6.32. The van der Waals surface area contributed by atoms with Crippen LogP contribution in [-0.4, -0.2) is 76.8 Å². The third-order valence-corrected chi connectivity index (χ3v) is 8.93. The minimum Gasteiger partial charge on any atom is -0.483 e. The van der Waals surface area contributed by atoms with Crippen LogP contribution in [-0.2, 0) is 19.0 Å². The molecule has 6 rings (SSSR count). The summed E-state index contributed by atoms with van der Waals surface area (Å²) in [5, 5.41) is 22.7. The Balaban J connectivity index is 1.40. The van der Waals surface area contributed by atoms with Crippen LogP contribution in [0, 0.1) is 11.3 Å². The van der Waals surface area contributed by atoms with Crippen molar-refractivity contribution in [3.63, 3.8) is 0 Å². The van der Waals surface area contributed by atoms with E-state index < -0.39 is 29.5 Å². The number of aliphatic hydroxyl groups is 2. The number of aliphatic hydroxyl groups excluding tert-OH is 1. The number of carbonyl (C=O) groups excluding carboxylic acids is 1. The molecule has 3 unspecified atom stereocenters. The fraction of sp³-hybridized carbons (Fsp3) is 0.800. The number of piperidine rings is 1. The van der Waals surface area contributed by atoms with Gasteiger partial charge in [-0.3, -0.25) is 9.69 Å². The van der Waals surface area contributed by atoms with Crippen LogP contribution in [0.1, 0.15) is 58.8 Å². The van der Waals surface area contributed by atoms with E-state index in [4.69, 9.17) is 14.2 Å². The second kappa shape index (κ2) is 7.37. The second-order valence-corrected chi connectivity index (χ2v) is 10.9. The minimum atomic E-state index is -1.00. The molecule has 0 radical (unpaired) electrons. The molecule has 1 spiro atoms. The van der Waals surface area contributed by atoms with Gasteiger partial charge in [-0.15, -0.1) is 0 Å². The maximum absolute atomic E-state index is 13.1.